The predicted octanol–water partition coefficient (Wildman–Crippen LogP) is 2.26. The van der Waals surface area contributed by atoms with Gasteiger partial charge in [-0.05, 0) is 24.5 Å². The van der Waals surface area contributed by atoms with Crippen LogP contribution in [0.5, 0.6) is 0 Å². The summed E-state index contributed by atoms with van der Waals surface area (Å²) < 4.78 is 0. The van der Waals surface area contributed by atoms with Gasteiger partial charge >= 0.3 is 0 Å². The Kier molecular flexibility index (Phi) is 4.30. The summed E-state index contributed by atoms with van der Waals surface area (Å²) >= 11 is 0. The highest BCUT2D eigenvalue weighted by Crippen LogP contribution is 2.26. The molecule has 0 saturated heterocycles. The van der Waals surface area contributed by atoms with Crippen LogP contribution in [0.4, 0.5) is 0 Å². The van der Waals surface area contributed by atoms with E-state index >= 15 is 0 Å². The molecule has 0 atom stereocenters. The predicted molar refractivity (Wildman–Crippen MR) is 67.9 cm³/mol. The first-order valence-corrected chi connectivity index (χ1v) is 6.44. The maximum atomic E-state index is 11.8. The Morgan fingerprint density at radius 2 is 2.28 bits per heavy atom. The number of pyridine rings is 1. The SMILES string of the molecule is N#Cc1cc(C(=O)NCCC2CCCC2)ccn1. The van der Waals surface area contributed by atoms with E-state index < -0.39 is 0 Å². The summed E-state index contributed by atoms with van der Waals surface area (Å²) in [4.78, 5) is 15.7. The molecular weight excluding hydrogens is 226 g/mol. The van der Waals surface area contributed by atoms with Gasteiger partial charge in [0.2, 0.25) is 0 Å². The molecule has 0 aliphatic heterocycles. The first-order valence-electron chi connectivity index (χ1n) is 6.44. The molecule has 0 unspecified atom stereocenters. The monoisotopic (exact) mass is 243 g/mol. The van der Waals surface area contributed by atoms with Gasteiger partial charge in [0.05, 0.1) is 0 Å². The van der Waals surface area contributed by atoms with Gasteiger partial charge in [-0.1, -0.05) is 25.7 Å². The van der Waals surface area contributed by atoms with Crippen LogP contribution in [-0.2, 0) is 0 Å². The minimum atomic E-state index is -0.119. The van der Waals surface area contributed by atoms with Crippen LogP contribution < -0.4 is 5.32 Å². The fourth-order valence-electron chi connectivity index (χ4n) is 2.42. The molecule has 0 radical (unpaired) electrons. The number of carbonyl (C=O) groups is 1. The van der Waals surface area contributed by atoms with Gasteiger partial charge in [-0.15, -0.1) is 0 Å². The topological polar surface area (TPSA) is 65.8 Å². The average Bonchev–Trinajstić information content (AvgIpc) is 2.92. The lowest BCUT2D eigenvalue weighted by atomic mass is 10.0. The lowest BCUT2D eigenvalue weighted by molar-refractivity contribution is 0.0951. The van der Waals surface area contributed by atoms with E-state index in [9.17, 15) is 4.79 Å². The molecule has 1 heterocycles. The molecule has 4 nitrogen and oxygen atoms in total. The van der Waals surface area contributed by atoms with E-state index in [4.69, 9.17) is 5.26 Å². The van der Waals surface area contributed by atoms with Gasteiger partial charge in [0.15, 0.2) is 0 Å². The van der Waals surface area contributed by atoms with Crippen LogP contribution in [0, 0.1) is 17.2 Å². The minimum absolute atomic E-state index is 0.119. The van der Waals surface area contributed by atoms with E-state index in [2.05, 4.69) is 10.3 Å². The number of carbonyl (C=O) groups excluding carboxylic acids is 1. The summed E-state index contributed by atoms with van der Waals surface area (Å²) in [5.41, 5.74) is 0.784. The van der Waals surface area contributed by atoms with Crippen molar-refractivity contribution in [2.45, 2.75) is 32.1 Å². The second-order valence-electron chi connectivity index (χ2n) is 4.74. The van der Waals surface area contributed by atoms with Crippen LogP contribution in [0.15, 0.2) is 18.3 Å². The molecule has 4 heteroatoms. The van der Waals surface area contributed by atoms with Crippen LogP contribution in [0.1, 0.15) is 48.2 Å². The van der Waals surface area contributed by atoms with Crippen molar-refractivity contribution >= 4 is 5.91 Å². The summed E-state index contributed by atoms with van der Waals surface area (Å²) in [6, 6.07) is 5.08. The highest BCUT2D eigenvalue weighted by molar-refractivity contribution is 5.94. The molecule has 0 aromatic carbocycles. The Morgan fingerprint density at radius 1 is 1.50 bits per heavy atom. The van der Waals surface area contributed by atoms with E-state index in [0.717, 1.165) is 12.3 Å². The first-order chi connectivity index (χ1) is 8.79. The summed E-state index contributed by atoms with van der Waals surface area (Å²) in [5.74, 6) is 0.657. The molecule has 94 valence electrons. The maximum absolute atomic E-state index is 11.8. The zero-order valence-electron chi connectivity index (χ0n) is 10.4. The fraction of sp³-hybridized carbons (Fsp3) is 0.500. The highest BCUT2D eigenvalue weighted by Gasteiger charge is 2.15. The van der Waals surface area contributed by atoms with Crippen molar-refractivity contribution < 1.29 is 4.79 Å². The highest BCUT2D eigenvalue weighted by atomic mass is 16.1. The van der Waals surface area contributed by atoms with Gasteiger partial charge in [-0.3, -0.25) is 4.79 Å². The Morgan fingerprint density at radius 3 is 3.00 bits per heavy atom. The Hall–Kier alpha value is -1.89. The van der Waals surface area contributed by atoms with Gasteiger partial charge in [0.1, 0.15) is 11.8 Å². The number of nitrogens with zero attached hydrogens (tertiary/aromatic N) is 2. The molecule has 1 aromatic rings. The van der Waals surface area contributed by atoms with Gasteiger partial charge < -0.3 is 5.32 Å². The van der Waals surface area contributed by atoms with Crippen molar-refractivity contribution in [1.29, 1.82) is 5.26 Å². The number of aromatic nitrogens is 1. The molecule has 1 aliphatic rings. The first kappa shape index (κ1) is 12.6. The van der Waals surface area contributed by atoms with E-state index in [1.165, 1.54) is 37.9 Å². The van der Waals surface area contributed by atoms with E-state index in [-0.39, 0.29) is 11.6 Å². The summed E-state index contributed by atoms with van der Waals surface area (Å²) in [7, 11) is 0. The molecule has 0 spiro atoms. The number of nitriles is 1. The lowest BCUT2D eigenvalue weighted by Crippen LogP contribution is -2.25. The Balaban J connectivity index is 1.81. The third-order valence-electron chi connectivity index (χ3n) is 3.45. The zero-order chi connectivity index (χ0) is 12.8. The minimum Gasteiger partial charge on any atom is -0.352 e. The standard InChI is InChI=1S/C14H17N3O/c15-10-13-9-12(6-8-16-13)14(18)17-7-5-11-3-1-2-4-11/h6,8-9,11H,1-5,7H2,(H,17,18). The summed E-state index contributed by atoms with van der Waals surface area (Å²) in [5, 5.41) is 11.6. The zero-order valence-corrected chi connectivity index (χ0v) is 10.4. The van der Waals surface area contributed by atoms with Crippen LogP contribution >= 0.6 is 0 Å². The Bertz CT molecular complexity index is 458. The molecular formula is C14H17N3O. The third-order valence-corrected chi connectivity index (χ3v) is 3.45. The third kappa shape index (κ3) is 3.30. The van der Waals surface area contributed by atoms with Crippen LogP contribution in [-0.4, -0.2) is 17.4 Å². The van der Waals surface area contributed by atoms with Gasteiger partial charge in [0, 0.05) is 18.3 Å². The second-order valence-corrected chi connectivity index (χ2v) is 4.74. The molecule has 1 saturated carbocycles. The summed E-state index contributed by atoms with van der Waals surface area (Å²) in [6.07, 6.45) is 7.79. The Labute approximate surface area is 107 Å². The molecule has 1 aromatic heterocycles. The molecule has 0 bridgehead atoms. The smallest absolute Gasteiger partial charge is 0.251 e. The van der Waals surface area contributed by atoms with E-state index in [0.29, 0.717) is 12.1 Å². The summed E-state index contributed by atoms with van der Waals surface area (Å²) in [6.45, 7) is 0.716. The fourth-order valence-corrected chi connectivity index (χ4v) is 2.42. The van der Waals surface area contributed by atoms with Crippen molar-refractivity contribution in [3.05, 3.63) is 29.6 Å². The second kappa shape index (κ2) is 6.15. The molecule has 1 fully saturated rings. The van der Waals surface area contributed by atoms with Crippen molar-refractivity contribution in [1.82, 2.24) is 10.3 Å². The number of nitrogens with one attached hydrogen (secondary N) is 1. The molecule has 1 N–H and O–H groups in total. The van der Waals surface area contributed by atoms with E-state index in [1.807, 2.05) is 6.07 Å². The van der Waals surface area contributed by atoms with E-state index in [1.54, 1.807) is 6.07 Å². The maximum Gasteiger partial charge on any atom is 0.251 e. The number of amides is 1. The lowest BCUT2D eigenvalue weighted by Gasteiger charge is -2.09. The van der Waals surface area contributed by atoms with Gasteiger partial charge in [-0.2, -0.15) is 5.26 Å². The van der Waals surface area contributed by atoms with Crippen LogP contribution in [0.3, 0.4) is 0 Å². The number of hydrogen-bond acceptors (Lipinski definition) is 3. The normalized spacial score (nSPS) is 15.3. The molecule has 1 aliphatic carbocycles. The molecule has 18 heavy (non-hydrogen) atoms. The van der Waals surface area contributed by atoms with Crippen LogP contribution in [0.2, 0.25) is 0 Å². The van der Waals surface area contributed by atoms with Gasteiger partial charge in [0.25, 0.3) is 5.91 Å². The quantitative estimate of drug-likeness (QED) is 0.882. The van der Waals surface area contributed by atoms with Crippen molar-refractivity contribution in [2.75, 3.05) is 6.54 Å². The van der Waals surface area contributed by atoms with Crippen LogP contribution in [0.25, 0.3) is 0 Å². The number of hydrogen-bond donors (Lipinski definition) is 1. The number of rotatable bonds is 4. The largest absolute Gasteiger partial charge is 0.352 e. The van der Waals surface area contributed by atoms with Crippen molar-refractivity contribution in [3.8, 4) is 6.07 Å². The average molecular weight is 243 g/mol. The molecule has 1 amide bonds. The molecule has 2 rings (SSSR count). The van der Waals surface area contributed by atoms with Crippen molar-refractivity contribution in [2.24, 2.45) is 5.92 Å². The van der Waals surface area contributed by atoms with Crippen molar-refractivity contribution in [3.63, 3.8) is 0 Å². The van der Waals surface area contributed by atoms with Gasteiger partial charge in [-0.25, -0.2) is 4.98 Å².